The van der Waals surface area contributed by atoms with Crippen LogP contribution in [0.3, 0.4) is 0 Å². The second-order valence-electron chi connectivity index (χ2n) is 5.51. The molecule has 7 heteroatoms. The molecular weight excluding hydrogens is 317 g/mol. The second kappa shape index (κ2) is 5.62. The Labute approximate surface area is 136 Å². The van der Waals surface area contributed by atoms with Crippen molar-refractivity contribution >= 4 is 23.2 Å². The van der Waals surface area contributed by atoms with Crippen LogP contribution in [0.2, 0.25) is 5.28 Å². The Morgan fingerprint density at radius 3 is 2.91 bits per heavy atom. The lowest BCUT2D eigenvalue weighted by molar-refractivity contribution is 0.609. The molecule has 0 radical (unpaired) electrons. The molecule has 4 rings (SSSR count). The van der Waals surface area contributed by atoms with E-state index >= 15 is 0 Å². The number of hydrogen-bond acceptors (Lipinski definition) is 4. The van der Waals surface area contributed by atoms with Gasteiger partial charge in [-0.1, -0.05) is 18.2 Å². The van der Waals surface area contributed by atoms with Crippen LogP contribution in [-0.4, -0.2) is 20.2 Å². The minimum absolute atomic E-state index is 0.149. The van der Waals surface area contributed by atoms with Crippen LogP contribution in [-0.2, 0) is 0 Å². The predicted molar refractivity (Wildman–Crippen MR) is 85.4 cm³/mol. The zero-order chi connectivity index (χ0) is 15.8. The third-order valence-corrected chi connectivity index (χ3v) is 4.14. The lowest BCUT2D eigenvalue weighted by atomic mass is 10.1. The summed E-state index contributed by atoms with van der Waals surface area (Å²) in [4.78, 5) is 7.89. The van der Waals surface area contributed by atoms with Crippen molar-refractivity contribution in [1.82, 2.24) is 20.2 Å². The molecule has 0 amide bonds. The summed E-state index contributed by atoms with van der Waals surface area (Å²) in [6.45, 7) is 0. The third kappa shape index (κ3) is 2.90. The zero-order valence-electron chi connectivity index (χ0n) is 12.0. The number of nitrogens with zero attached hydrogens (tertiary/aromatic N) is 3. The number of aromatic amines is 1. The van der Waals surface area contributed by atoms with E-state index in [4.69, 9.17) is 11.6 Å². The molecule has 2 unspecified atom stereocenters. The highest BCUT2D eigenvalue weighted by Gasteiger charge is 2.42. The molecule has 116 valence electrons. The number of hydrogen-bond donors (Lipinski definition) is 2. The summed E-state index contributed by atoms with van der Waals surface area (Å²) in [6, 6.07) is 10.5. The molecule has 0 bridgehead atoms. The van der Waals surface area contributed by atoms with Crippen LogP contribution in [0.1, 0.15) is 29.5 Å². The highest BCUT2D eigenvalue weighted by atomic mass is 35.5. The molecule has 2 aromatic heterocycles. The van der Waals surface area contributed by atoms with Crippen LogP contribution in [0, 0.1) is 5.82 Å². The third-order valence-electron chi connectivity index (χ3n) is 3.96. The first kappa shape index (κ1) is 14.1. The molecule has 1 aliphatic carbocycles. The summed E-state index contributed by atoms with van der Waals surface area (Å²) >= 11 is 5.75. The van der Waals surface area contributed by atoms with Crippen molar-refractivity contribution in [2.75, 3.05) is 5.32 Å². The summed E-state index contributed by atoms with van der Waals surface area (Å²) in [5, 5.41) is 10.5. The molecule has 2 heterocycles. The Balaban J connectivity index is 1.48. The quantitative estimate of drug-likeness (QED) is 0.710. The van der Waals surface area contributed by atoms with Crippen molar-refractivity contribution in [3.8, 4) is 0 Å². The molecule has 2 atom stereocenters. The summed E-state index contributed by atoms with van der Waals surface area (Å²) in [5.74, 6) is 1.59. The van der Waals surface area contributed by atoms with E-state index in [1.807, 2.05) is 18.2 Å². The molecule has 1 saturated carbocycles. The fourth-order valence-electron chi connectivity index (χ4n) is 2.78. The molecule has 23 heavy (non-hydrogen) atoms. The van der Waals surface area contributed by atoms with Gasteiger partial charge in [0.2, 0.25) is 5.28 Å². The number of benzene rings is 1. The maximum Gasteiger partial charge on any atom is 0.224 e. The average Bonchev–Trinajstić information content (AvgIpc) is 3.19. The molecule has 1 fully saturated rings. The highest BCUT2D eigenvalue weighted by Crippen LogP contribution is 2.54. The molecule has 1 aromatic carbocycles. The number of H-pyrrole nitrogens is 1. The largest absolute Gasteiger partial charge is 0.325 e. The zero-order valence-corrected chi connectivity index (χ0v) is 12.8. The Morgan fingerprint density at radius 2 is 2.09 bits per heavy atom. The standard InChI is InChI=1S/C16H13ClFN5/c17-16-19-6-5-14(21-16)20-15-8-13(22-23-15)11-7-10(11)9-3-1-2-4-12(9)18/h1-6,8,10-11H,7H2,(H2,19,20,21,22,23). The van der Waals surface area contributed by atoms with E-state index in [0.717, 1.165) is 17.7 Å². The average molecular weight is 330 g/mol. The molecule has 5 nitrogen and oxygen atoms in total. The number of anilines is 2. The van der Waals surface area contributed by atoms with Gasteiger partial charge in [-0.15, -0.1) is 0 Å². The van der Waals surface area contributed by atoms with E-state index in [-0.39, 0.29) is 22.9 Å². The van der Waals surface area contributed by atoms with Crippen LogP contribution in [0.25, 0.3) is 0 Å². The molecule has 0 aliphatic heterocycles. The first-order valence-corrected chi connectivity index (χ1v) is 7.64. The molecular formula is C16H13ClFN5. The number of rotatable bonds is 4. The van der Waals surface area contributed by atoms with E-state index in [1.54, 1.807) is 18.3 Å². The fraction of sp³-hybridized carbons (Fsp3) is 0.188. The predicted octanol–water partition coefficient (Wildman–Crippen LogP) is 4.01. The van der Waals surface area contributed by atoms with E-state index in [9.17, 15) is 4.39 Å². The number of halogens is 2. The number of aromatic nitrogens is 4. The molecule has 3 aromatic rings. The smallest absolute Gasteiger partial charge is 0.224 e. The second-order valence-corrected chi connectivity index (χ2v) is 5.85. The Bertz CT molecular complexity index is 850. The Kier molecular flexibility index (Phi) is 3.46. The van der Waals surface area contributed by atoms with Gasteiger partial charge in [0, 0.05) is 18.2 Å². The minimum atomic E-state index is -0.149. The van der Waals surface area contributed by atoms with Crippen LogP contribution in [0.4, 0.5) is 16.0 Å². The van der Waals surface area contributed by atoms with Gasteiger partial charge in [0.25, 0.3) is 0 Å². The van der Waals surface area contributed by atoms with Gasteiger partial charge in [0.15, 0.2) is 0 Å². The highest BCUT2D eigenvalue weighted by molar-refractivity contribution is 6.28. The summed E-state index contributed by atoms with van der Waals surface area (Å²) in [6.07, 6.45) is 2.48. The van der Waals surface area contributed by atoms with Crippen molar-refractivity contribution < 1.29 is 4.39 Å². The molecule has 1 aliphatic rings. The van der Waals surface area contributed by atoms with Gasteiger partial charge in [-0.05, 0) is 41.6 Å². The molecule has 2 N–H and O–H groups in total. The van der Waals surface area contributed by atoms with Crippen LogP contribution in [0.5, 0.6) is 0 Å². The maximum atomic E-state index is 13.8. The van der Waals surface area contributed by atoms with Gasteiger partial charge in [-0.2, -0.15) is 5.10 Å². The summed E-state index contributed by atoms with van der Waals surface area (Å²) in [7, 11) is 0. The molecule has 0 spiro atoms. The van der Waals surface area contributed by atoms with Gasteiger partial charge in [0.05, 0.1) is 5.69 Å². The van der Waals surface area contributed by atoms with Gasteiger partial charge in [-0.3, -0.25) is 5.10 Å². The van der Waals surface area contributed by atoms with Crippen LogP contribution in [0.15, 0.2) is 42.6 Å². The van der Waals surface area contributed by atoms with Crippen molar-refractivity contribution in [2.24, 2.45) is 0 Å². The first-order valence-electron chi connectivity index (χ1n) is 7.26. The van der Waals surface area contributed by atoms with Crippen LogP contribution >= 0.6 is 11.6 Å². The summed E-state index contributed by atoms with van der Waals surface area (Å²) in [5.41, 5.74) is 1.68. The van der Waals surface area contributed by atoms with Crippen molar-refractivity contribution in [1.29, 1.82) is 0 Å². The molecule has 0 saturated heterocycles. The monoisotopic (exact) mass is 329 g/mol. The minimum Gasteiger partial charge on any atom is -0.325 e. The van der Waals surface area contributed by atoms with E-state index in [1.165, 1.54) is 6.07 Å². The lowest BCUT2D eigenvalue weighted by Crippen LogP contribution is -1.94. The van der Waals surface area contributed by atoms with Gasteiger partial charge in [0.1, 0.15) is 17.5 Å². The topological polar surface area (TPSA) is 66.5 Å². The normalized spacial score (nSPS) is 19.6. The Hall–Kier alpha value is -2.47. The van der Waals surface area contributed by atoms with E-state index < -0.39 is 0 Å². The Morgan fingerprint density at radius 1 is 1.22 bits per heavy atom. The van der Waals surface area contributed by atoms with Crippen molar-refractivity contribution in [3.05, 3.63) is 65.0 Å². The van der Waals surface area contributed by atoms with Crippen molar-refractivity contribution in [3.63, 3.8) is 0 Å². The van der Waals surface area contributed by atoms with Gasteiger partial charge < -0.3 is 5.32 Å². The van der Waals surface area contributed by atoms with Crippen LogP contribution < -0.4 is 5.32 Å². The van der Waals surface area contributed by atoms with E-state index in [0.29, 0.717) is 11.6 Å². The van der Waals surface area contributed by atoms with Crippen molar-refractivity contribution in [2.45, 2.75) is 18.3 Å². The van der Waals surface area contributed by atoms with Gasteiger partial charge in [-0.25, -0.2) is 14.4 Å². The van der Waals surface area contributed by atoms with Gasteiger partial charge >= 0.3 is 0 Å². The lowest BCUT2D eigenvalue weighted by Gasteiger charge is -2.01. The first-order chi connectivity index (χ1) is 11.2. The summed E-state index contributed by atoms with van der Waals surface area (Å²) < 4.78 is 13.8. The van der Waals surface area contributed by atoms with E-state index in [2.05, 4.69) is 25.5 Å². The fourth-order valence-corrected chi connectivity index (χ4v) is 2.92. The SMILES string of the molecule is Fc1ccccc1C1CC1c1cc(Nc2ccnc(Cl)n2)[nH]n1. The maximum absolute atomic E-state index is 13.8. The number of nitrogens with one attached hydrogen (secondary N) is 2.